The lowest BCUT2D eigenvalue weighted by atomic mass is 10.1. The van der Waals surface area contributed by atoms with Crippen molar-refractivity contribution in [3.05, 3.63) is 39.0 Å². The van der Waals surface area contributed by atoms with E-state index in [-0.39, 0.29) is 20.5 Å². The number of hydrogen-bond donors (Lipinski definition) is 0. The van der Waals surface area contributed by atoms with Gasteiger partial charge in [-0.3, -0.25) is 0 Å². The topological polar surface area (TPSA) is 12.9 Å². The molecule has 0 fully saturated rings. The normalized spacial score (nSPS) is 11.1. The van der Waals surface area contributed by atoms with Crippen molar-refractivity contribution < 1.29 is 8.78 Å². The zero-order valence-electron chi connectivity index (χ0n) is 9.03. The molecule has 0 atom stereocenters. The molecule has 0 aliphatic rings. The molecule has 1 aromatic heterocycles. The van der Waals surface area contributed by atoms with Gasteiger partial charge >= 0.3 is 0 Å². The first-order valence-corrected chi connectivity index (χ1v) is 6.34. The third-order valence-electron chi connectivity index (χ3n) is 2.49. The largest absolute Gasteiger partial charge is 0.233 e. The summed E-state index contributed by atoms with van der Waals surface area (Å²) >= 11 is 8.91. The molecule has 2 rings (SSSR count). The molecule has 0 radical (unpaired) electrons. The third-order valence-corrected chi connectivity index (χ3v) is 3.40. The molecule has 17 heavy (non-hydrogen) atoms. The van der Waals surface area contributed by atoms with Gasteiger partial charge in [-0.1, -0.05) is 24.9 Å². The molecule has 0 saturated heterocycles. The first-order valence-electron chi connectivity index (χ1n) is 5.17. The smallest absolute Gasteiger partial charge is 0.150 e. The maximum atomic E-state index is 13.8. The number of rotatable bonds is 2. The number of aryl methyl sites for hydroxylation is 1. The molecule has 1 heterocycles. The van der Waals surface area contributed by atoms with E-state index in [9.17, 15) is 8.78 Å². The average molecular weight is 321 g/mol. The summed E-state index contributed by atoms with van der Waals surface area (Å²) in [5, 5.41) is 0.393. The van der Waals surface area contributed by atoms with Gasteiger partial charge in [0.15, 0.2) is 5.82 Å². The van der Waals surface area contributed by atoms with Gasteiger partial charge in [-0.15, -0.1) is 0 Å². The molecule has 1 nitrogen and oxygen atoms in total. The van der Waals surface area contributed by atoms with E-state index in [0.717, 1.165) is 18.1 Å². The zero-order chi connectivity index (χ0) is 12.6. The molecule has 5 heteroatoms. The van der Waals surface area contributed by atoms with E-state index in [0.29, 0.717) is 6.42 Å². The quantitative estimate of drug-likeness (QED) is 0.567. The Hall–Kier alpha value is -0.740. The van der Waals surface area contributed by atoms with Crippen molar-refractivity contribution in [3.8, 4) is 0 Å². The van der Waals surface area contributed by atoms with Crippen molar-refractivity contribution in [2.45, 2.75) is 19.8 Å². The highest BCUT2D eigenvalue weighted by molar-refractivity contribution is 9.10. The number of pyridine rings is 1. The summed E-state index contributed by atoms with van der Waals surface area (Å²) < 4.78 is 27.5. The Kier molecular flexibility index (Phi) is 3.64. The number of fused-ring (bicyclic) bond motifs is 1. The van der Waals surface area contributed by atoms with Crippen LogP contribution in [0.1, 0.15) is 18.9 Å². The molecule has 1 aromatic carbocycles. The highest BCUT2D eigenvalue weighted by Gasteiger charge is 2.14. The summed E-state index contributed by atoms with van der Waals surface area (Å²) in [6.45, 7) is 1.98. The van der Waals surface area contributed by atoms with Crippen molar-refractivity contribution in [1.29, 1.82) is 0 Å². The van der Waals surface area contributed by atoms with Gasteiger partial charge in [0.1, 0.15) is 16.5 Å². The van der Waals surface area contributed by atoms with Gasteiger partial charge in [0.25, 0.3) is 0 Å². The van der Waals surface area contributed by atoms with Crippen molar-refractivity contribution in [2.24, 2.45) is 0 Å². The van der Waals surface area contributed by atoms with E-state index in [1.54, 1.807) is 6.07 Å². The van der Waals surface area contributed by atoms with Crippen molar-refractivity contribution in [2.75, 3.05) is 0 Å². The van der Waals surface area contributed by atoms with Crippen molar-refractivity contribution in [3.63, 3.8) is 0 Å². The summed E-state index contributed by atoms with van der Waals surface area (Å²) in [4.78, 5) is 3.93. The Morgan fingerprint density at radius 1 is 1.35 bits per heavy atom. The first kappa shape index (κ1) is 12.7. The zero-order valence-corrected chi connectivity index (χ0v) is 11.4. The SMILES string of the molecule is CCCc1cc2c(F)c(Br)cc(F)c2nc1Cl. The number of nitrogens with zero attached hydrogens (tertiary/aromatic N) is 1. The molecule has 0 aliphatic heterocycles. The number of hydrogen-bond acceptors (Lipinski definition) is 1. The fourth-order valence-corrected chi connectivity index (χ4v) is 2.35. The maximum absolute atomic E-state index is 13.8. The molecule has 0 unspecified atom stereocenters. The van der Waals surface area contributed by atoms with Gasteiger partial charge in [0, 0.05) is 5.39 Å². The summed E-state index contributed by atoms with van der Waals surface area (Å²) in [6.07, 6.45) is 1.56. The van der Waals surface area contributed by atoms with Crippen LogP contribution in [-0.2, 0) is 6.42 Å². The summed E-state index contributed by atoms with van der Waals surface area (Å²) in [5.74, 6) is -1.10. The molecule has 0 amide bonds. The van der Waals surface area contributed by atoms with E-state index in [1.165, 1.54) is 0 Å². The van der Waals surface area contributed by atoms with E-state index >= 15 is 0 Å². The molecule has 90 valence electrons. The van der Waals surface area contributed by atoms with Crippen LogP contribution in [0.4, 0.5) is 8.78 Å². The van der Waals surface area contributed by atoms with E-state index in [4.69, 9.17) is 11.6 Å². The fourth-order valence-electron chi connectivity index (χ4n) is 1.70. The van der Waals surface area contributed by atoms with E-state index in [1.807, 2.05) is 6.92 Å². The molecule has 0 bridgehead atoms. The van der Waals surface area contributed by atoms with Crippen LogP contribution in [0.15, 0.2) is 16.6 Å². The number of benzene rings is 1. The van der Waals surface area contributed by atoms with Crippen LogP contribution in [0.2, 0.25) is 5.15 Å². The van der Waals surface area contributed by atoms with Gasteiger partial charge in [-0.25, -0.2) is 13.8 Å². The summed E-state index contributed by atoms with van der Waals surface area (Å²) in [5.41, 5.74) is 0.702. The van der Waals surface area contributed by atoms with E-state index < -0.39 is 11.6 Å². The lowest BCUT2D eigenvalue weighted by molar-refractivity contribution is 0.609. The van der Waals surface area contributed by atoms with Crippen molar-refractivity contribution in [1.82, 2.24) is 4.98 Å². The molecule has 0 aliphatic carbocycles. The molecule has 2 aromatic rings. The Labute approximate surface area is 111 Å². The molecule has 0 saturated carbocycles. The number of halogens is 4. The van der Waals surface area contributed by atoms with Gasteiger partial charge in [0.05, 0.1) is 4.47 Å². The summed E-state index contributed by atoms with van der Waals surface area (Å²) in [7, 11) is 0. The minimum Gasteiger partial charge on any atom is -0.233 e. The number of aromatic nitrogens is 1. The fraction of sp³-hybridized carbons (Fsp3) is 0.250. The lowest BCUT2D eigenvalue weighted by Crippen LogP contribution is -1.95. The van der Waals surface area contributed by atoms with Gasteiger partial charge in [-0.05, 0) is 40.0 Å². The second-order valence-corrected chi connectivity index (χ2v) is 4.95. The Balaban J connectivity index is 2.79. The van der Waals surface area contributed by atoms with Crippen LogP contribution >= 0.6 is 27.5 Å². The minimum atomic E-state index is -0.585. The molecule has 0 N–H and O–H groups in total. The Morgan fingerprint density at radius 2 is 2.06 bits per heavy atom. The highest BCUT2D eigenvalue weighted by Crippen LogP contribution is 2.29. The van der Waals surface area contributed by atoms with Crippen LogP contribution in [0.3, 0.4) is 0 Å². The van der Waals surface area contributed by atoms with Gasteiger partial charge in [0.2, 0.25) is 0 Å². The second-order valence-electron chi connectivity index (χ2n) is 3.74. The third kappa shape index (κ3) is 2.29. The first-order chi connectivity index (χ1) is 8.04. The monoisotopic (exact) mass is 319 g/mol. The average Bonchev–Trinajstić information content (AvgIpc) is 2.28. The molecular weight excluding hydrogens is 311 g/mol. The van der Waals surface area contributed by atoms with Crippen LogP contribution in [0, 0.1) is 11.6 Å². The van der Waals surface area contributed by atoms with Crippen LogP contribution in [0.5, 0.6) is 0 Å². The van der Waals surface area contributed by atoms with Gasteiger partial charge < -0.3 is 0 Å². The lowest BCUT2D eigenvalue weighted by Gasteiger charge is -2.07. The second kappa shape index (κ2) is 4.86. The van der Waals surface area contributed by atoms with Gasteiger partial charge in [-0.2, -0.15) is 0 Å². The highest BCUT2D eigenvalue weighted by atomic mass is 79.9. The summed E-state index contributed by atoms with van der Waals surface area (Å²) in [6, 6.07) is 2.62. The predicted octanol–water partition coefficient (Wildman–Crippen LogP) is 4.88. The van der Waals surface area contributed by atoms with Crippen LogP contribution in [-0.4, -0.2) is 4.98 Å². The van der Waals surface area contributed by atoms with Crippen LogP contribution < -0.4 is 0 Å². The van der Waals surface area contributed by atoms with Crippen LogP contribution in [0.25, 0.3) is 10.9 Å². The molecular formula is C12H9BrClF2N. The Morgan fingerprint density at radius 3 is 2.71 bits per heavy atom. The maximum Gasteiger partial charge on any atom is 0.150 e. The van der Waals surface area contributed by atoms with Crippen molar-refractivity contribution >= 4 is 38.4 Å². The Bertz CT molecular complexity index is 586. The minimum absolute atomic E-state index is 0.0319. The predicted molar refractivity (Wildman–Crippen MR) is 68.4 cm³/mol. The standard InChI is InChI=1S/C12H9BrClF2N/c1-2-3-6-4-7-10(16)8(13)5-9(15)11(7)17-12(6)14/h4-5H,2-3H2,1H3. The van der Waals surface area contributed by atoms with E-state index in [2.05, 4.69) is 20.9 Å². The molecule has 0 spiro atoms.